The highest BCUT2D eigenvalue weighted by atomic mass is 19.1. The summed E-state index contributed by atoms with van der Waals surface area (Å²) in [6.07, 6.45) is 0.811. The highest BCUT2D eigenvalue weighted by Gasteiger charge is 2.12. The van der Waals surface area contributed by atoms with Crippen molar-refractivity contribution in [3.8, 4) is 17.0 Å². The molecule has 0 saturated heterocycles. The smallest absolute Gasteiger partial charge is 0.165 e. The van der Waals surface area contributed by atoms with E-state index in [-0.39, 0.29) is 17.6 Å². The normalized spacial score (nSPS) is 12.4. The Morgan fingerprint density at radius 3 is 2.48 bits per heavy atom. The van der Waals surface area contributed by atoms with Crippen molar-refractivity contribution < 1.29 is 13.5 Å². The zero-order chi connectivity index (χ0) is 18.4. The van der Waals surface area contributed by atoms with Crippen LogP contribution in [0.4, 0.5) is 8.78 Å². The molecule has 0 bridgehead atoms. The highest BCUT2D eigenvalue weighted by molar-refractivity contribution is 5.60. The first-order valence-electron chi connectivity index (χ1n) is 8.73. The van der Waals surface area contributed by atoms with Crippen LogP contribution >= 0.6 is 0 Å². The first-order valence-corrected chi connectivity index (χ1v) is 8.73. The standard InChI is InChI=1S/C20H26F2N2O/c1-5-10-25-20-9-6-15(11-17(20)22)18-8-7-16(21)19(24-18)12-23-14(4)13(2)3/h6-9,11,13-14,23H,5,10,12H2,1-4H3/t14-/m1/s1. The van der Waals surface area contributed by atoms with Crippen LogP contribution < -0.4 is 10.1 Å². The summed E-state index contributed by atoms with van der Waals surface area (Å²) in [5.41, 5.74) is 1.47. The van der Waals surface area contributed by atoms with Gasteiger partial charge in [-0.2, -0.15) is 0 Å². The van der Waals surface area contributed by atoms with Gasteiger partial charge in [0.1, 0.15) is 5.82 Å². The Labute approximate surface area is 148 Å². The molecule has 0 aliphatic heterocycles. The average Bonchev–Trinajstić information content (AvgIpc) is 2.59. The molecule has 1 aromatic carbocycles. The van der Waals surface area contributed by atoms with Crippen molar-refractivity contribution in [3.63, 3.8) is 0 Å². The third-order valence-corrected chi connectivity index (χ3v) is 4.20. The molecule has 0 unspecified atom stereocenters. The van der Waals surface area contributed by atoms with Crippen molar-refractivity contribution in [2.24, 2.45) is 5.92 Å². The van der Waals surface area contributed by atoms with Gasteiger partial charge in [0.15, 0.2) is 11.6 Å². The molecule has 1 N–H and O–H groups in total. The maximum Gasteiger partial charge on any atom is 0.165 e. The molecule has 0 saturated carbocycles. The van der Waals surface area contributed by atoms with Gasteiger partial charge in [-0.3, -0.25) is 0 Å². The Hall–Kier alpha value is -2.01. The Bertz CT molecular complexity index is 704. The molecule has 5 heteroatoms. The van der Waals surface area contributed by atoms with E-state index in [1.54, 1.807) is 18.2 Å². The second-order valence-corrected chi connectivity index (χ2v) is 6.53. The third-order valence-electron chi connectivity index (χ3n) is 4.20. The van der Waals surface area contributed by atoms with Crippen molar-refractivity contribution >= 4 is 0 Å². The van der Waals surface area contributed by atoms with Crippen molar-refractivity contribution in [2.45, 2.75) is 46.7 Å². The van der Waals surface area contributed by atoms with Crippen LogP contribution in [0.3, 0.4) is 0 Å². The molecular formula is C20H26F2N2O. The monoisotopic (exact) mass is 348 g/mol. The predicted molar refractivity (Wildman–Crippen MR) is 96.5 cm³/mol. The minimum Gasteiger partial charge on any atom is -0.491 e. The van der Waals surface area contributed by atoms with Gasteiger partial charge >= 0.3 is 0 Å². The number of rotatable bonds is 8. The van der Waals surface area contributed by atoms with E-state index in [4.69, 9.17) is 4.74 Å². The third kappa shape index (κ3) is 5.23. The molecule has 1 atom stereocenters. The predicted octanol–water partition coefficient (Wildman–Crippen LogP) is 4.95. The Kier molecular flexibility index (Phi) is 6.88. The molecule has 0 aliphatic carbocycles. The minimum atomic E-state index is -0.440. The first-order chi connectivity index (χ1) is 11.9. The molecule has 1 heterocycles. The summed E-state index contributed by atoms with van der Waals surface area (Å²) in [5.74, 6) is -0.142. The van der Waals surface area contributed by atoms with E-state index in [0.29, 0.717) is 36.0 Å². The van der Waals surface area contributed by atoms with E-state index in [2.05, 4.69) is 31.1 Å². The number of aromatic nitrogens is 1. The summed E-state index contributed by atoms with van der Waals surface area (Å²) >= 11 is 0. The fraction of sp³-hybridized carbons (Fsp3) is 0.450. The molecule has 2 rings (SSSR count). The second-order valence-electron chi connectivity index (χ2n) is 6.53. The van der Waals surface area contributed by atoms with Crippen LogP contribution in [-0.2, 0) is 6.54 Å². The Morgan fingerprint density at radius 1 is 1.08 bits per heavy atom. The van der Waals surface area contributed by atoms with Crippen LogP contribution in [0, 0.1) is 17.6 Å². The lowest BCUT2D eigenvalue weighted by atomic mass is 10.1. The van der Waals surface area contributed by atoms with Gasteiger partial charge in [0.25, 0.3) is 0 Å². The summed E-state index contributed by atoms with van der Waals surface area (Å²) in [4.78, 5) is 4.36. The number of nitrogens with one attached hydrogen (secondary N) is 1. The van der Waals surface area contributed by atoms with Crippen LogP contribution in [0.5, 0.6) is 5.75 Å². The zero-order valence-electron chi connectivity index (χ0n) is 15.3. The van der Waals surface area contributed by atoms with Gasteiger partial charge in [0.05, 0.1) is 18.0 Å². The summed E-state index contributed by atoms with van der Waals surface area (Å²) in [6.45, 7) is 9.01. The maximum atomic E-state index is 14.1. The summed E-state index contributed by atoms with van der Waals surface area (Å²) in [7, 11) is 0. The molecule has 0 aliphatic rings. The number of pyridine rings is 1. The number of halogens is 2. The van der Waals surface area contributed by atoms with E-state index >= 15 is 0 Å². The number of hydrogen-bond donors (Lipinski definition) is 1. The van der Waals surface area contributed by atoms with Gasteiger partial charge < -0.3 is 10.1 Å². The second kappa shape index (κ2) is 8.90. The van der Waals surface area contributed by atoms with E-state index in [0.717, 1.165) is 6.42 Å². The van der Waals surface area contributed by atoms with Gasteiger partial charge in [0.2, 0.25) is 0 Å². The highest BCUT2D eigenvalue weighted by Crippen LogP contribution is 2.25. The van der Waals surface area contributed by atoms with Gasteiger partial charge in [-0.1, -0.05) is 20.8 Å². The van der Waals surface area contributed by atoms with Gasteiger partial charge in [-0.25, -0.2) is 13.8 Å². The molecule has 3 nitrogen and oxygen atoms in total. The van der Waals surface area contributed by atoms with Gasteiger partial charge in [-0.15, -0.1) is 0 Å². The van der Waals surface area contributed by atoms with Crippen LogP contribution in [-0.4, -0.2) is 17.6 Å². The van der Waals surface area contributed by atoms with Crippen molar-refractivity contribution in [1.82, 2.24) is 10.3 Å². The van der Waals surface area contributed by atoms with Crippen LogP contribution in [0.1, 0.15) is 39.8 Å². The van der Waals surface area contributed by atoms with Crippen molar-refractivity contribution in [2.75, 3.05) is 6.61 Å². The van der Waals surface area contributed by atoms with E-state index in [1.807, 2.05) is 6.92 Å². The zero-order valence-corrected chi connectivity index (χ0v) is 15.3. The fourth-order valence-electron chi connectivity index (χ4n) is 2.25. The maximum absolute atomic E-state index is 14.1. The molecule has 0 spiro atoms. The molecule has 136 valence electrons. The number of benzene rings is 1. The van der Waals surface area contributed by atoms with Crippen molar-refractivity contribution in [3.05, 3.63) is 47.7 Å². The fourth-order valence-corrected chi connectivity index (χ4v) is 2.25. The SMILES string of the molecule is CCCOc1ccc(-c2ccc(F)c(CN[C@H](C)C(C)C)n2)cc1F. The number of hydrogen-bond acceptors (Lipinski definition) is 3. The summed E-state index contributed by atoms with van der Waals surface area (Å²) in [6, 6.07) is 7.88. The molecule has 0 radical (unpaired) electrons. The first kappa shape index (κ1) is 19.3. The lowest BCUT2D eigenvalue weighted by molar-refractivity contribution is 0.301. The minimum absolute atomic E-state index is 0.223. The van der Waals surface area contributed by atoms with Crippen LogP contribution in [0.15, 0.2) is 30.3 Å². The van der Waals surface area contributed by atoms with E-state index in [9.17, 15) is 8.78 Å². The average molecular weight is 348 g/mol. The Morgan fingerprint density at radius 2 is 1.84 bits per heavy atom. The molecule has 25 heavy (non-hydrogen) atoms. The summed E-state index contributed by atoms with van der Waals surface area (Å²) in [5, 5.41) is 3.26. The molecular weight excluding hydrogens is 322 g/mol. The lowest BCUT2D eigenvalue weighted by Gasteiger charge is -2.17. The van der Waals surface area contributed by atoms with E-state index in [1.165, 1.54) is 12.1 Å². The van der Waals surface area contributed by atoms with Gasteiger partial charge in [-0.05, 0) is 49.6 Å². The topological polar surface area (TPSA) is 34.1 Å². The quantitative estimate of drug-likeness (QED) is 0.733. The number of ether oxygens (including phenoxy) is 1. The largest absolute Gasteiger partial charge is 0.491 e. The molecule has 0 amide bonds. The van der Waals surface area contributed by atoms with Crippen molar-refractivity contribution in [1.29, 1.82) is 0 Å². The van der Waals surface area contributed by atoms with Crippen LogP contribution in [0.25, 0.3) is 11.3 Å². The Balaban J connectivity index is 2.19. The van der Waals surface area contributed by atoms with Crippen LogP contribution in [0.2, 0.25) is 0 Å². The van der Waals surface area contributed by atoms with E-state index < -0.39 is 5.82 Å². The lowest BCUT2D eigenvalue weighted by Crippen LogP contribution is -2.30. The summed E-state index contributed by atoms with van der Waals surface area (Å²) < 4.78 is 33.5. The molecule has 1 aromatic heterocycles. The molecule has 2 aromatic rings. The van der Waals surface area contributed by atoms with Gasteiger partial charge in [0, 0.05) is 18.2 Å². The molecule has 0 fully saturated rings. The number of nitrogens with zero attached hydrogens (tertiary/aromatic N) is 1.